The van der Waals surface area contributed by atoms with E-state index in [2.05, 4.69) is 14.9 Å². The van der Waals surface area contributed by atoms with E-state index in [9.17, 15) is 12.8 Å². The van der Waals surface area contributed by atoms with Crippen LogP contribution in [-0.2, 0) is 16.4 Å². The Kier molecular flexibility index (Phi) is 4.05. The fraction of sp³-hybridized carbons (Fsp3) is 0.556. The van der Waals surface area contributed by atoms with Gasteiger partial charge in [0, 0.05) is 23.9 Å². The molecule has 1 aromatic heterocycles. The normalized spacial score (nSPS) is 20.5. The number of aromatic nitrogens is 2. The van der Waals surface area contributed by atoms with Gasteiger partial charge in [-0.2, -0.15) is 5.10 Å². The molecule has 3 N–H and O–H groups in total. The first kappa shape index (κ1) is 17.8. The van der Waals surface area contributed by atoms with Gasteiger partial charge in [-0.1, -0.05) is 0 Å². The van der Waals surface area contributed by atoms with E-state index in [1.807, 2.05) is 6.07 Å². The van der Waals surface area contributed by atoms with E-state index in [0.717, 1.165) is 42.5 Å². The van der Waals surface area contributed by atoms with Crippen molar-refractivity contribution in [3.8, 4) is 0 Å². The van der Waals surface area contributed by atoms with Gasteiger partial charge in [-0.15, -0.1) is 5.10 Å². The molecule has 1 saturated carbocycles. The summed E-state index contributed by atoms with van der Waals surface area (Å²) in [5.74, 6) is 0.357. The molecule has 2 aliphatic carbocycles. The molecule has 0 bridgehead atoms. The number of nitrogens with one attached hydrogen (secondary N) is 1. The number of hydrogen-bond acceptors (Lipinski definition) is 5. The minimum atomic E-state index is -3.90. The van der Waals surface area contributed by atoms with Crippen LogP contribution in [0.25, 0.3) is 10.9 Å². The van der Waals surface area contributed by atoms with Crippen molar-refractivity contribution in [3.63, 3.8) is 0 Å². The third-order valence-electron chi connectivity index (χ3n) is 5.07. The van der Waals surface area contributed by atoms with Crippen LogP contribution in [0.15, 0.2) is 17.0 Å². The summed E-state index contributed by atoms with van der Waals surface area (Å²) in [6.45, 7) is 2.37. The summed E-state index contributed by atoms with van der Waals surface area (Å²) in [7, 11) is -3.90. The van der Waals surface area contributed by atoms with E-state index in [-0.39, 0.29) is 17.5 Å². The second-order valence-electron chi connectivity index (χ2n) is 7.94. The molecule has 0 radical (unpaired) electrons. The maximum Gasteiger partial charge on any atom is 0.241 e. The Hall–Kier alpha value is -1.64. The highest BCUT2D eigenvalue weighted by atomic mass is 32.2. The van der Waals surface area contributed by atoms with Crippen molar-refractivity contribution in [1.82, 2.24) is 14.9 Å². The molecule has 1 fully saturated rings. The standard InChI is InChI=1S/C18H23FN4O2S/c1-18(2,19)9-21-26(24,25)16-8-12-11(5-6-14(12)20)17-13(16)7-15(22-23-17)10-3-4-10/h7-8,10,14,21H,3-6,9,20H2,1-2H3. The molecule has 26 heavy (non-hydrogen) atoms. The zero-order valence-electron chi connectivity index (χ0n) is 14.9. The molecule has 1 atom stereocenters. The molecular weight excluding hydrogens is 355 g/mol. The first-order chi connectivity index (χ1) is 12.2. The van der Waals surface area contributed by atoms with Crippen molar-refractivity contribution in [2.24, 2.45) is 5.73 Å². The van der Waals surface area contributed by atoms with Gasteiger partial charge in [-0.3, -0.25) is 0 Å². The first-order valence-electron chi connectivity index (χ1n) is 8.93. The maximum atomic E-state index is 13.8. The number of fused-ring (bicyclic) bond motifs is 3. The molecule has 0 saturated heterocycles. The van der Waals surface area contributed by atoms with Crippen LogP contribution in [-0.4, -0.2) is 30.8 Å². The lowest BCUT2D eigenvalue weighted by Gasteiger charge is -2.17. The zero-order valence-corrected chi connectivity index (χ0v) is 15.7. The maximum absolute atomic E-state index is 13.8. The highest BCUT2D eigenvalue weighted by Crippen LogP contribution is 2.42. The third-order valence-corrected chi connectivity index (χ3v) is 6.51. The van der Waals surface area contributed by atoms with E-state index in [0.29, 0.717) is 16.8 Å². The van der Waals surface area contributed by atoms with E-state index in [1.54, 1.807) is 6.07 Å². The summed E-state index contributed by atoms with van der Waals surface area (Å²) in [6.07, 6.45) is 3.61. The first-order valence-corrected chi connectivity index (χ1v) is 10.4. The van der Waals surface area contributed by atoms with Gasteiger partial charge in [-0.25, -0.2) is 17.5 Å². The Balaban J connectivity index is 1.89. The minimum absolute atomic E-state index is 0.115. The highest BCUT2D eigenvalue weighted by Gasteiger charge is 2.31. The van der Waals surface area contributed by atoms with Gasteiger partial charge in [-0.05, 0) is 62.8 Å². The van der Waals surface area contributed by atoms with Crippen molar-refractivity contribution in [2.75, 3.05) is 6.54 Å². The Labute approximate surface area is 152 Å². The molecule has 6 nitrogen and oxygen atoms in total. The number of nitrogens with zero attached hydrogens (tertiary/aromatic N) is 2. The van der Waals surface area contributed by atoms with Gasteiger partial charge in [0.05, 0.1) is 16.1 Å². The van der Waals surface area contributed by atoms with Crippen molar-refractivity contribution in [1.29, 1.82) is 0 Å². The van der Waals surface area contributed by atoms with Crippen LogP contribution < -0.4 is 10.5 Å². The number of aryl methyl sites for hydroxylation is 1. The Bertz CT molecular complexity index is 981. The third kappa shape index (κ3) is 3.21. The molecule has 1 heterocycles. The predicted octanol–water partition coefficient (Wildman–Crippen LogP) is 2.48. The topological polar surface area (TPSA) is 98.0 Å². The van der Waals surface area contributed by atoms with Crippen molar-refractivity contribution in [2.45, 2.75) is 62.1 Å². The minimum Gasteiger partial charge on any atom is -0.324 e. The molecule has 140 valence electrons. The fourth-order valence-corrected chi connectivity index (χ4v) is 4.87. The Morgan fingerprint density at radius 2 is 2.00 bits per heavy atom. The van der Waals surface area contributed by atoms with Crippen molar-refractivity contribution >= 4 is 20.9 Å². The van der Waals surface area contributed by atoms with Gasteiger partial charge >= 0.3 is 0 Å². The highest BCUT2D eigenvalue weighted by molar-refractivity contribution is 7.89. The van der Waals surface area contributed by atoms with Crippen LogP contribution in [0.2, 0.25) is 0 Å². The number of hydrogen-bond donors (Lipinski definition) is 2. The van der Waals surface area contributed by atoms with Crippen LogP contribution in [0.3, 0.4) is 0 Å². The van der Waals surface area contributed by atoms with Gasteiger partial charge < -0.3 is 5.73 Å². The molecule has 1 aromatic carbocycles. The number of nitrogens with two attached hydrogens (primary N) is 1. The predicted molar refractivity (Wildman–Crippen MR) is 97.1 cm³/mol. The van der Waals surface area contributed by atoms with Crippen molar-refractivity contribution < 1.29 is 12.8 Å². The zero-order chi connectivity index (χ0) is 18.7. The lowest BCUT2D eigenvalue weighted by atomic mass is 10.0. The van der Waals surface area contributed by atoms with Gasteiger partial charge in [0.1, 0.15) is 5.67 Å². The van der Waals surface area contributed by atoms with Crippen LogP contribution in [0.4, 0.5) is 4.39 Å². The van der Waals surface area contributed by atoms with E-state index in [4.69, 9.17) is 5.73 Å². The summed E-state index contributed by atoms with van der Waals surface area (Å²) in [4.78, 5) is 0.115. The van der Waals surface area contributed by atoms with Gasteiger partial charge in [0.25, 0.3) is 0 Å². The second-order valence-corrected chi connectivity index (χ2v) is 9.67. The SMILES string of the molecule is CC(C)(F)CNS(=O)(=O)c1cc2c(c3nnc(C4CC4)cc13)CCC2N. The number of benzene rings is 1. The summed E-state index contributed by atoms with van der Waals surface area (Å²) in [5, 5.41) is 9.23. The molecule has 2 aliphatic rings. The number of sulfonamides is 1. The molecule has 0 aliphatic heterocycles. The smallest absolute Gasteiger partial charge is 0.241 e. The van der Waals surface area contributed by atoms with E-state index < -0.39 is 15.7 Å². The van der Waals surface area contributed by atoms with Crippen LogP contribution in [0, 0.1) is 0 Å². The van der Waals surface area contributed by atoms with Crippen LogP contribution in [0.5, 0.6) is 0 Å². The quantitative estimate of drug-likeness (QED) is 0.833. The average Bonchev–Trinajstić information content (AvgIpc) is 3.35. The van der Waals surface area contributed by atoms with E-state index in [1.165, 1.54) is 13.8 Å². The molecule has 4 rings (SSSR count). The van der Waals surface area contributed by atoms with Crippen LogP contribution >= 0.6 is 0 Å². The van der Waals surface area contributed by atoms with Gasteiger partial charge in [0.15, 0.2) is 0 Å². The molecular formula is C18H23FN4O2S. The lowest BCUT2D eigenvalue weighted by Crippen LogP contribution is -2.35. The van der Waals surface area contributed by atoms with Crippen LogP contribution in [0.1, 0.15) is 61.9 Å². The number of rotatable bonds is 5. The average molecular weight is 378 g/mol. The second kappa shape index (κ2) is 5.94. The lowest BCUT2D eigenvalue weighted by molar-refractivity contribution is 0.221. The summed E-state index contributed by atoms with van der Waals surface area (Å²) >= 11 is 0. The Morgan fingerprint density at radius 3 is 2.65 bits per heavy atom. The molecule has 0 amide bonds. The van der Waals surface area contributed by atoms with Gasteiger partial charge in [0.2, 0.25) is 10.0 Å². The largest absolute Gasteiger partial charge is 0.324 e. The summed E-state index contributed by atoms with van der Waals surface area (Å²) < 4.78 is 42.1. The Morgan fingerprint density at radius 1 is 1.27 bits per heavy atom. The summed E-state index contributed by atoms with van der Waals surface area (Å²) in [5.41, 5.74) is 7.71. The number of alkyl halides is 1. The van der Waals surface area contributed by atoms with Crippen molar-refractivity contribution in [3.05, 3.63) is 29.0 Å². The molecule has 1 unspecified atom stereocenters. The fourth-order valence-electron chi connectivity index (χ4n) is 3.45. The summed E-state index contributed by atoms with van der Waals surface area (Å²) in [6, 6.07) is 3.26. The van der Waals surface area contributed by atoms with E-state index >= 15 is 0 Å². The molecule has 2 aromatic rings. The monoisotopic (exact) mass is 378 g/mol. The molecule has 0 spiro atoms. The molecule has 8 heteroatoms. The number of halogens is 1.